The number of rotatable bonds is 1. The van der Waals surface area contributed by atoms with Crippen molar-refractivity contribution in [3.8, 4) is 6.07 Å². The van der Waals surface area contributed by atoms with E-state index in [1.165, 1.54) is 4.90 Å². The first-order valence-corrected chi connectivity index (χ1v) is 7.97. The maximum absolute atomic E-state index is 12.6. The zero-order chi connectivity index (χ0) is 16.9. The number of para-hydroxylation sites is 1. The lowest BCUT2D eigenvalue weighted by molar-refractivity contribution is -0.146. The van der Waals surface area contributed by atoms with Crippen molar-refractivity contribution < 1.29 is 14.4 Å². The molecule has 7 nitrogen and oxygen atoms in total. The number of nitrogens with one attached hydrogen (secondary N) is 2. The van der Waals surface area contributed by atoms with Crippen molar-refractivity contribution in [2.75, 3.05) is 11.9 Å². The van der Waals surface area contributed by atoms with Gasteiger partial charge in [0, 0.05) is 24.7 Å². The van der Waals surface area contributed by atoms with E-state index in [2.05, 4.69) is 16.7 Å². The van der Waals surface area contributed by atoms with Gasteiger partial charge >= 0.3 is 11.8 Å². The van der Waals surface area contributed by atoms with Gasteiger partial charge in [-0.3, -0.25) is 14.4 Å². The monoisotopic (exact) mass is 324 g/mol. The number of likely N-dealkylation sites (tertiary alicyclic amines) is 1. The zero-order valence-corrected chi connectivity index (χ0v) is 12.9. The summed E-state index contributed by atoms with van der Waals surface area (Å²) in [5.41, 5.74) is 0.538. The fourth-order valence-corrected chi connectivity index (χ4v) is 3.57. The maximum atomic E-state index is 12.6. The lowest BCUT2D eigenvalue weighted by Crippen LogP contribution is -2.47. The van der Waals surface area contributed by atoms with Crippen LogP contribution in [0.1, 0.15) is 24.8 Å². The Morgan fingerprint density at radius 3 is 2.79 bits per heavy atom. The molecule has 1 aromatic rings. The molecule has 1 spiro atoms. The van der Waals surface area contributed by atoms with Crippen molar-refractivity contribution in [3.63, 3.8) is 0 Å². The van der Waals surface area contributed by atoms with E-state index in [-0.39, 0.29) is 24.9 Å². The summed E-state index contributed by atoms with van der Waals surface area (Å²) >= 11 is 0. The van der Waals surface area contributed by atoms with Crippen molar-refractivity contribution in [1.82, 2.24) is 10.2 Å². The van der Waals surface area contributed by atoms with Gasteiger partial charge in [-0.2, -0.15) is 5.26 Å². The van der Waals surface area contributed by atoms with E-state index < -0.39 is 23.3 Å². The number of carbonyl (C=O) groups is 3. The van der Waals surface area contributed by atoms with E-state index in [4.69, 9.17) is 0 Å². The first-order valence-electron chi connectivity index (χ1n) is 7.97. The summed E-state index contributed by atoms with van der Waals surface area (Å²) in [6.07, 6.45) is 1.95. The molecule has 1 aliphatic carbocycles. The van der Waals surface area contributed by atoms with E-state index in [9.17, 15) is 19.6 Å². The Hall–Kier alpha value is -2.88. The molecule has 122 valence electrons. The third kappa shape index (κ3) is 2.07. The maximum Gasteiger partial charge on any atom is 0.313 e. The van der Waals surface area contributed by atoms with Crippen molar-refractivity contribution in [3.05, 3.63) is 29.8 Å². The Kier molecular flexibility index (Phi) is 3.10. The number of carbonyl (C=O) groups excluding carboxylic acids is 3. The smallest absolute Gasteiger partial charge is 0.313 e. The SMILES string of the molecule is N#C[C@@H]1C[C@@]2(CN1C(=O)C(=O)NC1CC1)C(=O)Nc1ccccc12. The fraction of sp³-hybridized carbons (Fsp3) is 0.412. The van der Waals surface area contributed by atoms with Crippen LogP contribution in [-0.4, -0.2) is 41.2 Å². The molecule has 4 rings (SSSR count). The molecule has 7 heteroatoms. The number of anilines is 1. The molecule has 2 heterocycles. The molecule has 0 aromatic heterocycles. The Balaban J connectivity index is 1.64. The standard InChI is InChI=1S/C17H16N4O3/c18-8-11-7-17(12-3-1-2-4-13(12)20-16(17)24)9-21(11)15(23)14(22)19-10-5-6-10/h1-4,10-11H,5-7,9H2,(H,19,22)(H,20,24)/t11-,17-/m0/s1. The Labute approximate surface area is 138 Å². The molecule has 0 radical (unpaired) electrons. The number of nitrogens with zero attached hydrogens (tertiary/aromatic N) is 2. The van der Waals surface area contributed by atoms with Crippen molar-refractivity contribution in [1.29, 1.82) is 5.26 Å². The number of hydrogen-bond acceptors (Lipinski definition) is 4. The molecule has 2 fully saturated rings. The number of benzene rings is 1. The lowest BCUT2D eigenvalue weighted by atomic mass is 9.80. The van der Waals surface area contributed by atoms with Gasteiger partial charge < -0.3 is 15.5 Å². The van der Waals surface area contributed by atoms with Gasteiger partial charge in [-0.1, -0.05) is 18.2 Å². The molecule has 1 saturated heterocycles. The highest BCUT2D eigenvalue weighted by molar-refractivity contribution is 6.35. The normalized spacial score (nSPS) is 27.5. The predicted octanol–water partition coefficient (Wildman–Crippen LogP) is 0.280. The predicted molar refractivity (Wildman–Crippen MR) is 83.6 cm³/mol. The Bertz CT molecular complexity index is 795. The lowest BCUT2D eigenvalue weighted by Gasteiger charge is -2.22. The van der Waals surface area contributed by atoms with Gasteiger partial charge in [0.2, 0.25) is 5.91 Å². The average molecular weight is 324 g/mol. The molecular weight excluding hydrogens is 308 g/mol. The van der Waals surface area contributed by atoms with Crippen LogP contribution in [0.3, 0.4) is 0 Å². The van der Waals surface area contributed by atoms with E-state index in [0.29, 0.717) is 5.69 Å². The Morgan fingerprint density at radius 2 is 2.08 bits per heavy atom. The van der Waals surface area contributed by atoms with Gasteiger partial charge in [-0.05, 0) is 24.5 Å². The summed E-state index contributed by atoms with van der Waals surface area (Å²) in [6.45, 7) is 0.0466. The number of fused-ring (bicyclic) bond motifs is 2. The van der Waals surface area contributed by atoms with Crippen LogP contribution in [0.4, 0.5) is 5.69 Å². The molecule has 0 unspecified atom stereocenters. The van der Waals surface area contributed by atoms with Gasteiger partial charge in [0.05, 0.1) is 11.5 Å². The van der Waals surface area contributed by atoms with Crippen LogP contribution in [-0.2, 0) is 19.8 Å². The van der Waals surface area contributed by atoms with Crippen LogP contribution in [0, 0.1) is 11.3 Å². The fourth-order valence-electron chi connectivity index (χ4n) is 3.57. The van der Waals surface area contributed by atoms with Gasteiger partial charge in [0.1, 0.15) is 6.04 Å². The van der Waals surface area contributed by atoms with E-state index >= 15 is 0 Å². The zero-order valence-electron chi connectivity index (χ0n) is 12.9. The topological polar surface area (TPSA) is 102 Å². The molecule has 0 bridgehead atoms. The first kappa shape index (κ1) is 14.7. The number of nitriles is 1. The van der Waals surface area contributed by atoms with Crippen LogP contribution in [0.2, 0.25) is 0 Å². The number of amides is 3. The third-order valence-corrected chi connectivity index (χ3v) is 5.00. The highest BCUT2D eigenvalue weighted by atomic mass is 16.2. The van der Waals surface area contributed by atoms with Crippen LogP contribution in [0.25, 0.3) is 0 Å². The Morgan fingerprint density at radius 1 is 1.33 bits per heavy atom. The third-order valence-electron chi connectivity index (χ3n) is 5.00. The molecule has 24 heavy (non-hydrogen) atoms. The second-order valence-electron chi connectivity index (χ2n) is 6.61. The summed E-state index contributed by atoms with van der Waals surface area (Å²) < 4.78 is 0. The van der Waals surface area contributed by atoms with Crippen LogP contribution in [0.15, 0.2) is 24.3 Å². The van der Waals surface area contributed by atoms with Gasteiger partial charge in [0.25, 0.3) is 0 Å². The molecule has 1 saturated carbocycles. The highest BCUT2D eigenvalue weighted by Gasteiger charge is 2.56. The van der Waals surface area contributed by atoms with E-state index in [1.54, 1.807) is 6.07 Å². The summed E-state index contributed by atoms with van der Waals surface area (Å²) in [7, 11) is 0. The number of hydrogen-bond donors (Lipinski definition) is 2. The minimum atomic E-state index is -0.952. The van der Waals surface area contributed by atoms with Crippen LogP contribution < -0.4 is 10.6 Å². The summed E-state index contributed by atoms with van der Waals surface area (Å²) in [4.78, 5) is 38.3. The molecular formula is C17H16N4O3. The van der Waals surface area contributed by atoms with Gasteiger partial charge in [-0.15, -0.1) is 0 Å². The largest absolute Gasteiger partial charge is 0.345 e. The second-order valence-corrected chi connectivity index (χ2v) is 6.61. The second kappa shape index (κ2) is 5.06. The first-order chi connectivity index (χ1) is 11.5. The minimum Gasteiger partial charge on any atom is -0.345 e. The summed E-state index contributed by atoms with van der Waals surface area (Å²) in [5, 5.41) is 14.9. The molecule has 1 aromatic carbocycles. The summed E-state index contributed by atoms with van der Waals surface area (Å²) in [5.74, 6) is -1.65. The van der Waals surface area contributed by atoms with E-state index in [1.807, 2.05) is 18.2 Å². The van der Waals surface area contributed by atoms with Gasteiger partial charge in [0.15, 0.2) is 0 Å². The van der Waals surface area contributed by atoms with Crippen molar-refractivity contribution in [2.45, 2.75) is 36.8 Å². The molecule has 3 amide bonds. The van der Waals surface area contributed by atoms with Crippen molar-refractivity contribution in [2.24, 2.45) is 0 Å². The van der Waals surface area contributed by atoms with Crippen LogP contribution in [0.5, 0.6) is 0 Å². The molecule has 3 aliphatic rings. The van der Waals surface area contributed by atoms with E-state index in [0.717, 1.165) is 18.4 Å². The average Bonchev–Trinajstić information content (AvgIpc) is 3.24. The highest BCUT2D eigenvalue weighted by Crippen LogP contribution is 2.46. The molecule has 2 aliphatic heterocycles. The molecule has 2 atom stereocenters. The van der Waals surface area contributed by atoms with Crippen LogP contribution >= 0.6 is 0 Å². The summed E-state index contributed by atoms with van der Waals surface area (Å²) in [6, 6.07) is 8.62. The molecule has 2 N–H and O–H groups in total. The minimum absolute atomic E-state index is 0.0466. The van der Waals surface area contributed by atoms with Gasteiger partial charge in [-0.25, -0.2) is 0 Å². The van der Waals surface area contributed by atoms with Crippen molar-refractivity contribution >= 4 is 23.4 Å². The quantitative estimate of drug-likeness (QED) is 0.724.